The van der Waals surface area contributed by atoms with Gasteiger partial charge in [0.15, 0.2) is 0 Å². The molecular formula is C15H20N5O+. The Labute approximate surface area is 123 Å². The standard InChI is InChI=1S/C15H19N5O/c16-8-3-1-2-7-14(21)20-19-11-12-5-4-6-13-15(12)18-10-9-17-13/h4-6,9-11H,1-3,7-8,16H2,(H,20,21)/p+1/b19-11-. The van der Waals surface area contributed by atoms with E-state index in [2.05, 4.69) is 26.2 Å². The summed E-state index contributed by atoms with van der Waals surface area (Å²) >= 11 is 0. The summed E-state index contributed by atoms with van der Waals surface area (Å²) in [6.45, 7) is 0.919. The molecule has 1 aromatic carbocycles. The second-order valence-corrected chi connectivity index (χ2v) is 4.73. The van der Waals surface area contributed by atoms with Crippen molar-refractivity contribution >= 4 is 23.2 Å². The number of hydrogen-bond acceptors (Lipinski definition) is 4. The molecule has 0 bridgehead atoms. The number of hydrazone groups is 1. The minimum Gasteiger partial charge on any atom is -0.358 e. The first kappa shape index (κ1) is 15.1. The summed E-state index contributed by atoms with van der Waals surface area (Å²) in [5.74, 6) is -0.0679. The number of carbonyl (C=O) groups is 1. The number of carbonyl (C=O) groups excluding carboxylic acids is 1. The van der Waals surface area contributed by atoms with Crippen LogP contribution >= 0.6 is 0 Å². The average Bonchev–Trinajstić information content (AvgIpc) is 2.52. The zero-order valence-electron chi connectivity index (χ0n) is 12.0. The summed E-state index contributed by atoms with van der Waals surface area (Å²) < 4.78 is 0. The molecule has 6 nitrogen and oxygen atoms in total. The van der Waals surface area contributed by atoms with Crippen molar-refractivity contribution in [2.45, 2.75) is 25.7 Å². The van der Waals surface area contributed by atoms with Crippen LogP contribution in [-0.4, -0.2) is 28.6 Å². The summed E-state index contributed by atoms with van der Waals surface area (Å²) in [6.07, 6.45) is 8.34. The lowest BCUT2D eigenvalue weighted by molar-refractivity contribution is -0.368. The van der Waals surface area contributed by atoms with Crippen molar-refractivity contribution in [2.75, 3.05) is 6.54 Å². The van der Waals surface area contributed by atoms with Gasteiger partial charge >= 0.3 is 0 Å². The van der Waals surface area contributed by atoms with Gasteiger partial charge in [-0.3, -0.25) is 14.8 Å². The van der Waals surface area contributed by atoms with Gasteiger partial charge in [-0.2, -0.15) is 5.10 Å². The molecule has 0 unspecified atom stereocenters. The van der Waals surface area contributed by atoms with Gasteiger partial charge in [0, 0.05) is 24.4 Å². The fourth-order valence-corrected chi connectivity index (χ4v) is 1.99. The molecule has 4 N–H and O–H groups in total. The topological polar surface area (TPSA) is 94.9 Å². The Morgan fingerprint density at radius 1 is 1.24 bits per heavy atom. The van der Waals surface area contributed by atoms with Crippen LogP contribution in [0, 0.1) is 0 Å². The number of para-hydroxylation sites is 1. The molecule has 1 amide bonds. The van der Waals surface area contributed by atoms with Crippen molar-refractivity contribution in [3.63, 3.8) is 0 Å². The molecule has 0 saturated heterocycles. The van der Waals surface area contributed by atoms with E-state index in [1.807, 2.05) is 18.2 Å². The Kier molecular flexibility index (Phi) is 5.78. The van der Waals surface area contributed by atoms with Crippen molar-refractivity contribution in [1.29, 1.82) is 0 Å². The molecule has 0 aliphatic rings. The third-order valence-corrected chi connectivity index (χ3v) is 3.08. The molecule has 0 aliphatic heterocycles. The number of benzene rings is 1. The van der Waals surface area contributed by atoms with E-state index in [-0.39, 0.29) is 5.91 Å². The maximum Gasteiger partial charge on any atom is 0.240 e. The lowest BCUT2D eigenvalue weighted by atomic mass is 10.2. The molecule has 6 heteroatoms. The van der Waals surface area contributed by atoms with Crippen LogP contribution in [0.15, 0.2) is 35.7 Å². The number of quaternary nitrogens is 1. The predicted molar refractivity (Wildman–Crippen MR) is 81.5 cm³/mol. The number of nitrogens with zero attached hydrogens (tertiary/aromatic N) is 3. The number of rotatable bonds is 7. The molecule has 0 spiro atoms. The fourth-order valence-electron chi connectivity index (χ4n) is 1.99. The third kappa shape index (κ3) is 4.61. The highest BCUT2D eigenvalue weighted by Gasteiger charge is 2.01. The highest BCUT2D eigenvalue weighted by molar-refractivity contribution is 5.96. The van der Waals surface area contributed by atoms with Crippen molar-refractivity contribution in [3.05, 3.63) is 36.2 Å². The SMILES string of the molecule is [NH3+]CCCCCC(=O)N/N=C\c1cccc2nccnc12. The van der Waals surface area contributed by atoms with Crippen LogP contribution in [-0.2, 0) is 4.79 Å². The number of amides is 1. The van der Waals surface area contributed by atoms with Crippen LogP contribution in [0.25, 0.3) is 11.0 Å². The van der Waals surface area contributed by atoms with Gasteiger partial charge in [-0.1, -0.05) is 12.1 Å². The number of hydrogen-bond donors (Lipinski definition) is 2. The zero-order valence-corrected chi connectivity index (χ0v) is 12.0. The smallest absolute Gasteiger partial charge is 0.240 e. The van der Waals surface area contributed by atoms with E-state index >= 15 is 0 Å². The van der Waals surface area contributed by atoms with Crippen LogP contribution < -0.4 is 11.2 Å². The zero-order chi connectivity index (χ0) is 14.9. The van der Waals surface area contributed by atoms with Gasteiger partial charge in [0.1, 0.15) is 0 Å². The van der Waals surface area contributed by atoms with E-state index in [1.165, 1.54) is 0 Å². The quantitative estimate of drug-likeness (QED) is 0.449. The Hall–Kier alpha value is -2.34. The number of unbranched alkanes of at least 4 members (excludes halogenated alkanes) is 2. The van der Waals surface area contributed by atoms with Gasteiger partial charge in [0.2, 0.25) is 5.91 Å². The Balaban J connectivity index is 1.90. The first-order chi connectivity index (χ1) is 10.3. The van der Waals surface area contributed by atoms with E-state index in [0.717, 1.165) is 42.4 Å². The summed E-state index contributed by atoms with van der Waals surface area (Å²) in [5.41, 5.74) is 8.72. The minimum absolute atomic E-state index is 0.0679. The molecule has 110 valence electrons. The van der Waals surface area contributed by atoms with E-state index in [4.69, 9.17) is 0 Å². The molecule has 1 heterocycles. The highest BCUT2D eigenvalue weighted by atomic mass is 16.2. The summed E-state index contributed by atoms with van der Waals surface area (Å²) in [6, 6.07) is 5.67. The molecule has 2 aromatic rings. The van der Waals surface area contributed by atoms with Crippen LogP contribution in [0.3, 0.4) is 0 Å². The molecule has 0 saturated carbocycles. The molecule has 2 rings (SSSR count). The van der Waals surface area contributed by atoms with Crippen LogP contribution in [0.4, 0.5) is 0 Å². The second-order valence-electron chi connectivity index (χ2n) is 4.73. The van der Waals surface area contributed by atoms with Gasteiger partial charge in [-0.15, -0.1) is 0 Å². The van der Waals surface area contributed by atoms with Gasteiger partial charge in [-0.05, 0) is 25.3 Å². The molecule has 0 atom stereocenters. The van der Waals surface area contributed by atoms with Gasteiger partial charge in [0.25, 0.3) is 0 Å². The third-order valence-electron chi connectivity index (χ3n) is 3.08. The Bertz CT molecular complexity index is 621. The summed E-state index contributed by atoms with van der Waals surface area (Å²) in [4.78, 5) is 20.1. The maximum atomic E-state index is 11.6. The van der Waals surface area contributed by atoms with Crippen LogP contribution in [0.1, 0.15) is 31.2 Å². The van der Waals surface area contributed by atoms with E-state index < -0.39 is 0 Å². The molecular weight excluding hydrogens is 266 g/mol. The maximum absolute atomic E-state index is 11.6. The largest absolute Gasteiger partial charge is 0.358 e. The molecule has 1 aromatic heterocycles. The first-order valence-corrected chi connectivity index (χ1v) is 7.12. The molecule has 21 heavy (non-hydrogen) atoms. The molecule has 0 fully saturated rings. The fraction of sp³-hybridized carbons (Fsp3) is 0.333. The minimum atomic E-state index is -0.0679. The van der Waals surface area contributed by atoms with Crippen LogP contribution in [0.2, 0.25) is 0 Å². The van der Waals surface area contributed by atoms with Gasteiger partial charge in [0.05, 0.1) is 23.8 Å². The van der Waals surface area contributed by atoms with Crippen LogP contribution in [0.5, 0.6) is 0 Å². The van der Waals surface area contributed by atoms with E-state index in [0.29, 0.717) is 6.42 Å². The van der Waals surface area contributed by atoms with Crippen molar-refractivity contribution < 1.29 is 10.5 Å². The lowest BCUT2D eigenvalue weighted by Crippen LogP contribution is -2.50. The van der Waals surface area contributed by atoms with Gasteiger partial charge in [-0.25, -0.2) is 5.43 Å². The Morgan fingerprint density at radius 2 is 2.10 bits per heavy atom. The molecule has 0 radical (unpaired) electrons. The van der Waals surface area contributed by atoms with Crippen molar-refractivity contribution in [3.8, 4) is 0 Å². The van der Waals surface area contributed by atoms with Crippen molar-refractivity contribution in [2.24, 2.45) is 5.10 Å². The number of fused-ring (bicyclic) bond motifs is 1. The second kappa shape index (κ2) is 8.06. The number of nitrogens with one attached hydrogen (secondary N) is 1. The monoisotopic (exact) mass is 286 g/mol. The molecule has 0 aliphatic carbocycles. The lowest BCUT2D eigenvalue weighted by Gasteiger charge is -2.01. The predicted octanol–water partition coefficient (Wildman–Crippen LogP) is 0.882. The Morgan fingerprint density at radius 3 is 2.95 bits per heavy atom. The summed E-state index contributed by atoms with van der Waals surface area (Å²) in [5, 5.41) is 3.99. The van der Waals surface area contributed by atoms with Crippen molar-refractivity contribution in [1.82, 2.24) is 15.4 Å². The van der Waals surface area contributed by atoms with Gasteiger partial charge < -0.3 is 5.73 Å². The summed E-state index contributed by atoms with van der Waals surface area (Å²) in [7, 11) is 0. The van der Waals surface area contributed by atoms with E-state index in [9.17, 15) is 4.79 Å². The van der Waals surface area contributed by atoms with E-state index in [1.54, 1.807) is 18.6 Å². The number of aromatic nitrogens is 2. The highest BCUT2D eigenvalue weighted by Crippen LogP contribution is 2.11. The normalized spacial score (nSPS) is 11.1. The average molecular weight is 286 g/mol. The first-order valence-electron chi connectivity index (χ1n) is 7.12.